The summed E-state index contributed by atoms with van der Waals surface area (Å²) >= 11 is 3.42. The second kappa shape index (κ2) is 6.53. The van der Waals surface area contributed by atoms with Crippen LogP contribution in [0.25, 0.3) is 0 Å². The van der Waals surface area contributed by atoms with E-state index in [0.29, 0.717) is 31.6 Å². The van der Waals surface area contributed by atoms with Gasteiger partial charge in [0.1, 0.15) is 0 Å². The molecule has 1 atom stereocenters. The van der Waals surface area contributed by atoms with Gasteiger partial charge in [0.15, 0.2) is 0 Å². The molecule has 1 unspecified atom stereocenters. The van der Waals surface area contributed by atoms with E-state index < -0.39 is 15.7 Å². The maximum Gasteiger partial charge on any atom is 0.280 e. The largest absolute Gasteiger partial charge is 0.379 e. The van der Waals surface area contributed by atoms with E-state index >= 15 is 0 Å². The molecule has 112 valence electrons. The van der Waals surface area contributed by atoms with Gasteiger partial charge in [-0.15, -0.1) is 0 Å². The summed E-state index contributed by atoms with van der Waals surface area (Å²) in [7, 11) is -3.53. The highest BCUT2D eigenvalue weighted by atomic mass is 79.9. The molecule has 0 aliphatic carbocycles. The Bertz CT molecular complexity index is 532. The fourth-order valence-electron chi connectivity index (χ4n) is 2.11. The second-order valence-electron chi connectivity index (χ2n) is 4.95. The van der Waals surface area contributed by atoms with Gasteiger partial charge in [0.25, 0.3) is 10.2 Å². The van der Waals surface area contributed by atoms with E-state index in [1.165, 1.54) is 4.31 Å². The minimum absolute atomic E-state index is 0.391. The summed E-state index contributed by atoms with van der Waals surface area (Å²) in [5.41, 5.74) is 0.243. The zero-order chi connectivity index (χ0) is 14.6. The lowest BCUT2D eigenvalue weighted by molar-refractivity contribution is 0.0720. The van der Waals surface area contributed by atoms with Crippen molar-refractivity contribution in [2.75, 3.05) is 31.6 Å². The van der Waals surface area contributed by atoms with E-state index in [1.54, 1.807) is 0 Å². The highest BCUT2D eigenvalue weighted by molar-refractivity contribution is 9.09. The number of nitrogens with zero attached hydrogens (tertiary/aromatic N) is 1. The SMILES string of the molecule is CC(CBr)(NS(=O)(=O)N1CCOCC1)c1ccccc1. The van der Waals surface area contributed by atoms with Gasteiger partial charge in [0, 0.05) is 18.4 Å². The topological polar surface area (TPSA) is 58.6 Å². The van der Waals surface area contributed by atoms with Crippen LogP contribution in [0, 0.1) is 0 Å². The number of rotatable bonds is 5. The Balaban J connectivity index is 2.20. The van der Waals surface area contributed by atoms with Crippen LogP contribution in [0.1, 0.15) is 12.5 Å². The molecule has 5 nitrogen and oxygen atoms in total. The molecule has 0 aromatic heterocycles. The van der Waals surface area contributed by atoms with Crippen LogP contribution < -0.4 is 4.72 Å². The first-order valence-corrected chi connectivity index (χ1v) is 9.02. The molecule has 1 aromatic rings. The van der Waals surface area contributed by atoms with Crippen molar-refractivity contribution in [3.05, 3.63) is 35.9 Å². The third kappa shape index (κ3) is 3.59. The van der Waals surface area contributed by atoms with Gasteiger partial charge in [-0.05, 0) is 12.5 Å². The number of halogens is 1. The van der Waals surface area contributed by atoms with Gasteiger partial charge in [-0.1, -0.05) is 46.3 Å². The molecule has 1 N–H and O–H groups in total. The number of hydrogen-bond donors (Lipinski definition) is 1. The summed E-state index contributed by atoms with van der Waals surface area (Å²) in [6.45, 7) is 3.54. The lowest BCUT2D eigenvalue weighted by Gasteiger charge is -2.33. The lowest BCUT2D eigenvalue weighted by Crippen LogP contribution is -2.53. The van der Waals surface area contributed by atoms with E-state index in [1.807, 2.05) is 37.3 Å². The van der Waals surface area contributed by atoms with Crippen LogP contribution in [0.5, 0.6) is 0 Å². The van der Waals surface area contributed by atoms with Crippen molar-refractivity contribution in [1.82, 2.24) is 9.03 Å². The predicted octanol–water partition coefficient (Wildman–Crippen LogP) is 1.46. The predicted molar refractivity (Wildman–Crippen MR) is 82.0 cm³/mol. The van der Waals surface area contributed by atoms with Gasteiger partial charge in [0.05, 0.1) is 18.8 Å². The summed E-state index contributed by atoms with van der Waals surface area (Å²) in [5, 5.41) is 0.494. The Morgan fingerprint density at radius 1 is 1.30 bits per heavy atom. The first kappa shape index (κ1) is 15.9. The molecule has 0 spiro atoms. The molecule has 1 fully saturated rings. The van der Waals surface area contributed by atoms with Crippen molar-refractivity contribution >= 4 is 26.1 Å². The minimum atomic E-state index is -3.53. The quantitative estimate of drug-likeness (QED) is 0.806. The van der Waals surface area contributed by atoms with Crippen molar-refractivity contribution in [2.24, 2.45) is 0 Å². The zero-order valence-corrected chi connectivity index (χ0v) is 13.8. The van der Waals surface area contributed by atoms with Gasteiger partial charge in [-0.3, -0.25) is 0 Å². The molecule has 1 heterocycles. The Morgan fingerprint density at radius 2 is 1.90 bits per heavy atom. The minimum Gasteiger partial charge on any atom is -0.379 e. The second-order valence-corrected chi connectivity index (χ2v) is 7.18. The van der Waals surface area contributed by atoms with Gasteiger partial charge < -0.3 is 4.74 Å². The molecule has 0 amide bonds. The van der Waals surface area contributed by atoms with Crippen molar-refractivity contribution in [3.8, 4) is 0 Å². The highest BCUT2D eigenvalue weighted by Gasteiger charge is 2.34. The van der Waals surface area contributed by atoms with Crippen molar-refractivity contribution in [2.45, 2.75) is 12.5 Å². The fraction of sp³-hybridized carbons (Fsp3) is 0.538. The fourth-order valence-corrected chi connectivity index (χ4v) is 4.27. The smallest absolute Gasteiger partial charge is 0.280 e. The molecule has 20 heavy (non-hydrogen) atoms. The molecule has 0 saturated carbocycles. The van der Waals surface area contributed by atoms with Gasteiger partial charge in [-0.2, -0.15) is 17.4 Å². The van der Waals surface area contributed by atoms with Crippen LogP contribution in [0.2, 0.25) is 0 Å². The molecular weight excluding hydrogens is 344 g/mol. The van der Waals surface area contributed by atoms with Gasteiger partial charge in [0.2, 0.25) is 0 Å². The van der Waals surface area contributed by atoms with Crippen LogP contribution in [0.3, 0.4) is 0 Å². The Kier molecular flexibility index (Phi) is 5.19. The standard InChI is InChI=1S/C13H19BrN2O3S/c1-13(11-14,12-5-3-2-4-6-12)15-20(17,18)16-7-9-19-10-8-16/h2-6,15H,7-11H2,1H3. The van der Waals surface area contributed by atoms with Crippen molar-refractivity contribution < 1.29 is 13.2 Å². The number of ether oxygens (including phenoxy) is 1. The molecule has 2 rings (SSSR count). The third-order valence-electron chi connectivity index (χ3n) is 3.34. The first-order chi connectivity index (χ1) is 9.48. The molecule has 1 aromatic carbocycles. The maximum absolute atomic E-state index is 12.5. The van der Waals surface area contributed by atoms with E-state index in [9.17, 15) is 8.42 Å². The van der Waals surface area contributed by atoms with E-state index in [0.717, 1.165) is 5.56 Å². The van der Waals surface area contributed by atoms with E-state index in [4.69, 9.17) is 4.74 Å². The molecule has 1 aliphatic heterocycles. The average Bonchev–Trinajstić information content (AvgIpc) is 2.48. The number of morpholine rings is 1. The Hall–Kier alpha value is -0.470. The summed E-state index contributed by atoms with van der Waals surface area (Å²) in [6, 6.07) is 9.55. The zero-order valence-electron chi connectivity index (χ0n) is 11.4. The number of benzene rings is 1. The van der Waals surface area contributed by atoms with Gasteiger partial charge in [-0.25, -0.2) is 0 Å². The Labute approximate surface area is 128 Å². The van der Waals surface area contributed by atoms with Crippen LogP contribution in [0.4, 0.5) is 0 Å². The maximum atomic E-state index is 12.5. The molecule has 1 saturated heterocycles. The molecule has 1 aliphatic rings. The van der Waals surface area contributed by atoms with Crippen molar-refractivity contribution in [3.63, 3.8) is 0 Å². The number of alkyl halides is 1. The number of nitrogens with one attached hydrogen (secondary N) is 1. The van der Waals surface area contributed by atoms with E-state index in [-0.39, 0.29) is 0 Å². The first-order valence-electron chi connectivity index (χ1n) is 6.46. The van der Waals surface area contributed by atoms with Crippen molar-refractivity contribution in [1.29, 1.82) is 0 Å². The van der Waals surface area contributed by atoms with Crippen LogP contribution in [0.15, 0.2) is 30.3 Å². The molecule has 0 bridgehead atoms. The monoisotopic (exact) mass is 362 g/mol. The normalized spacial score (nSPS) is 20.5. The molecule has 7 heteroatoms. The van der Waals surface area contributed by atoms with Crippen LogP contribution >= 0.6 is 15.9 Å². The summed E-state index contributed by atoms with van der Waals surface area (Å²) in [5.74, 6) is 0. The Morgan fingerprint density at radius 3 is 2.45 bits per heavy atom. The summed E-state index contributed by atoms with van der Waals surface area (Å²) in [6.07, 6.45) is 0. The number of hydrogen-bond acceptors (Lipinski definition) is 3. The van der Waals surface area contributed by atoms with E-state index in [2.05, 4.69) is 20.7 Å². The average molecular weight is 363 g/mol. The lowest BCUT2D eigenvalue weighted by atomic mass is 9.96. The van der Waals surface area contributed by atoms with Crippen LogP contribution in [-0.4, -0.2) is 44.4 Å². The third-order valence-corrected chi connectivity index (χ3v) is 6.22. The van der Waals surface area contributed by atoms with Crippen LogP contribution in [-0.2, 0) is 20.5 Å². The molecular formula is C13H19BrN2O3S. The summed E-state index contributed by atoms with van der Waals surface area (Å²) < 4.78 is 34.4. The molecule has 0 radical (unpaired) electrons. The highest BCUT2D eigenvalue weighted by Crippen LogP contribution is 2.24. The van der Waals surface area contributed by atoms with Gasteiger partial charge >= 0.3 is 0 Å². The summed E-state index contributed by atoms with van der Waals surface area (Å²) in [4.78, 5) is 0.